The van der Waals surface area contributed by atoms with Crippen molar-refractivity contribution >= 4 is 17.9 Å². The first-order chi connectivity index (χ1) is 17.5. The van der Waals surface area contributed by atoms with Crippen LogP contribution in [0.5, 0.6) is 0 Å². The molecule has 6 unspecified atom stereocenters. The normalized spacial score (nSPS) is 30.6. The second-order valence-corrected chi connectivity index (χ2v) is 11.5. The van der Waals surface area contributed by atoms with E-state index in [1.807, 2.05) is 38.0 Å². The molecule has 10 heteroatoms. The zero-order valence-corrected chi connectivity index (χ0v) is 24.1. The first kappa shape index (κ1) is 31.5. The monoisotopic (exact) mass is 526 g/mol. The SMILES string of the molecule is CC(=O)OCC(C)C.CC(C)COC(=O)C1C2CCCC2NN1C.COC(=O)C1C2CCCC2NN1C. The summed E-state index contributed by atoms with van der Waals surface area (Å²) < 4.78 is 14.8. The van der Waals surface area contributed by atoms with Crippen LogP contribution in [0.4, 0.5) is 0 Å². The maximum Gasteiger partial charge on any atom is 0.325 e. The van der Waals surface area contributed by atoms with Gasteiger partial charge in [0.05, 0.1) is 20.3 Å². The lowest BCUT2D eigenvalue weighted by Crippen LogP contribution is -2.42. The van der Waals surface area contributed by atoms with Crippen molar-refractivity contribution in [2.24, 2.45) is 23.7 Å². The van der Waals surface area contributed by atoms with Crippen molar-refractivity contribution in [3.05, 3.63) is 0 Å². The molecule has 214 valence electrons. The van der Waals surface area contributed by atoms with Gasteiger partial charge in [0.15, 0.2) is 0 Å². The second-order valence-electron chi connectivity index (χ2n) is 11.5. The highest BCUT2D eigenvalue weighted by Crippen LogP contribution is 2.36. The quantitative estimate of drug-likeness (QED) is 0.396. The fourth-order valence-corrected chi connectivity index (χ4v) is 5.72. The highest BCUT2D eigenvalue weighted by Gasteiger charge is 2.47. The van der Waals surface area contributed by atoms with E-state index in [4.69, 9.17) is 9.47 Å². The van der Waals surface area contributed by atoms with E-state index < -0.39 is 0 Å². The minimum atomic E-state index is -0.196. The Morgan fingerprint density at radius 1 is 0.757 bits per heavy atom. The summed E-state index contributed by atoms with van der Waals surface area (Å²) in [6, 6.07) is 0.833. The third-order valence-corrected chi connectivity index (χ3v) is 7.39. The Hall–Kier alpha value is -1.75. The molecule has 4 rings (SSSR count). The first-order valence-corrected chi connectivity index (χ1v) is 13.8. The van der Waals surface area contributed by atoms with E-state index in [9.17, 15) is 14.4 Å². The molecular weight excluding hydrogens is 476 g/mol. The Bertz CT molecular complexity index is 748. The van der Waals surface area contributed by atoms with E-state index in [2.05, 4.69) is 29.4 Å². The van der Waals surface area contributed by atoms with Crippen molar-refractivity contribution in [1.29, 1.82) is 0 Å². The van der Waals surface area contributed by atoms with Crippen LogP contribution in [0.25, 0.3) is 0 Å². The van der Waals surface area contributed by atoms with Gasteiger partial charge in [-0.05, 0) is 37.5 Å². The first-order valence-electron chi connectivity index (χ1n) is 13.8. The van der Waals surface area contributed by atoms with Crippen LogP contribution < -0.4 is 10.9 Å². The maximum atomic E-state index is 12.0. The number of nitrogens with one attached hydrogen (secondary N) is 2. The third kappa shape index (κ3) is 9.19. The number of likely N-dealkylation sites (N-methyl/N-ethyl adjacent to an activating group) is 2. The number of carbonyl (C=O) groups excluding carboxylic acids is 3. The van der Waals surface area contributed by atoms with E-state index in [0.29, 0.717) is 49.0 Å². The average molecular weight is 527 g/mol. The van der Waals surface area contributed by atoms with Gasteiger partial charge in [-0.1, -0.05) is 40.5 Å². The topological polar surface area (TPSA) is 109 Å². The van der Waals surface area contributed by atoms with E-state index in [1.54, 1.807) is 0 Å². The van der Waals surface area contributed by atoms with Gasteiger partial charge < -0.3 is 14.2 Å². The molecule has 2 saturated heterocycles. The van der Waals surface area contributed by atoms with Gasteiger partial charge >= 0.3 is 17.9 Å². The number of methoxy groups -OCH3 is 1. The van der Waals surface area contributed by atoms with Crippen molar-refractivity contribution in [3.8, 4) is 0 Å². The number of hydrogen-bond donors (Lipinski definition) is 2. The molecule has 4 fully saturated rings. The van der Waals surface area contributed by atoms with E-state index in [0.717, 1.165) is 12.8 Å². The number of hydrazine groups is 2. The average Bonchev–Trinajstić information content (AvgIpc) is 3.58. The number of carbonyl (C=O) groups is 3. The Morgan fingerprint density at radius 3 is 1.57 bits per heavy atom. The summed E-state index contributed by atoms with van der Waals surface area (Å²) in [5.74, 6) is 1.39. The van der Waals surface area contributed by atoms with E-state index in [1.165, 1.54) is 39.7 Å². The summed E-state index contributed by atoms with van der Waals surface area (Å²) in [7, 11) is 5.32. The predicted molar refractivity (Wildman–Crippen MR) is 141 cm³/mol. The fourth-order valence-electron chi connectivity index (χ4n) is 5.72. The number of nitrogens with zero attached hydrogens (tertiary/aromatic N) is 2. The summed E-state index contributed by atoms with van der Waals surface area (Å²) in [6.45, 7) is 10.6. The molecule has 0 bridgehead atoms. The van der Waals surface area contributed by atoms with Gasteiger partial charge in [-0.3, -0.25) is 25.2 Å². The van der Waals surface area contributed by atoms with Gasteiger partial charge in [-0.25, -0.2) is 10.0 Å². The lowest BCUT2D eigenvalue weighted by molar-refractivity contribution is -0.151. The lowest BCUT2D eigenvalue weighted by Gasteiger charge is -2.21. The molecule has 2 N–H and O–H groups in total. The molecule has 4 aliphatic rings. The molecule has 2 aliphatic heterocycles. The summed E-state index contributed by atoms with van der Waals surface area (Å²) >= 11 is 0. The third-order valence-electron chi connectivity index (χ3n) is 7.39. The highest BCUT2D eigenvalue weighted by molar-refractivity contribution is 5.77. The molecule has 2 heterocycles. The molecule has 0 radical (unpaired) electrons. The van der Waals surface area contributed by atoms with Crippen LogP contribution in [0.1, 0.15) is 73.1 Å². The molecule has 0 aromatic heterocycles. The van der Waals surface area contributed by atoms with Crippen LogP contribution >= 0.6 is 0 Å². The zero-order valence-electron chi connectivity index (χ0n) is 24.1. The molecule has 2 aliphatic carbocycles. The second kappa shape index (κ2) is 15.0. The Kier molecular flexibility index (Phi) is 12.8. The van der Waals surface area contributed by atoms with Gasteiger partial charge in [0.2, 0.25) is 0 Å². The molecule has 0 aromatic rings. The van der Waals surface area contributed by atoms with Gasteiger partial charge in [0, 0.05) is 44.9 Å². The van der Waals surface area contributed by atoms with Crippen molar-refractivity contribution in [3.63, 3.8) is 0 Å². The molecular formula is C27H50N4O6. The number of hydrogen-bond acceptors (Lipinski definition) is 10. The molecule has 10 nitrogen and oxygen atoms in total. The van der Waals surface area contributed by atoms with Crippen molar-refractivity contribution in [2.45, 2.75) is 97.3 Å². The van der Waals surface area contributed by atoms with Crippen LogP contribution in [0.15, 0.2) is 0 Å². The van der Waals surface area contributed by atoms with E-state index in [-0.39, 0.29) is 30.0 Å². The van der Waals surface area contributed by atoms with Crippen LogP contribution in [0.2, 0.25) is 0 Å². The highest BCUT2D eigenvalue weighted by atomic mass is 16.5. The number of ether oxygens (including phenoxy) is 3. The molecule has 0 spiro atoms. The van der Waals surface area contributed by atoms with Crippen LogP contribution in [-0.4, -0.2) is 86.5 Å². The molecule has 37 heavy (non-hydrogen) atoms. The Labute approximate surface area is 223 Å². The van der Waals surface area contributed by atoms with Gasteiger partial charge in [-0.15, -0.1) is 0 Å². The number of esters is 3. The van der Waals surface area contributed by atoms with E-state index >= 15 is 0 Å². The largest absolute Gasteiger partial charge is 0.468 e. The van der Waals surface area contributed by atoms with Crippen LogP contribution in [0.3, 0.4) is 0 Å². The minimum absolute atomic E-state index is 0.0573. The van der Waals surface area contributed by atoms with Crippen molar-refractivity contribution in [1.82, 2.24) is 20.9 Å². The van der Waals surface area contributed by atoms with Crippen molar-refractivity contribution in [2.75, 3.05) is 34.4 Å². The minimum Gasteiger partial charge on any atom is -0.468 e. The van der Waals surface area contributed by atoms with Crippen molar-refractivity contribution < 1.29 is 28.6 Å². The maximum absolute atomic E-state index is 12.0. The van der Waals surface area contributed by atoms with Gasteiger partial charge in [0.25, 0.3) is 0 Å². The summed E-state index contributed by atoms with van der Waals surface area (Å²) in [5.41, 5.74) is 6.68. The lowest BCUT2D eigenvalue weighted by atomic mass is 9.97. The van der Waals surface area contributed by atoms with Gasteiger partial charge in [0.1, 0.15) is 12.1 Å². The van der Waals surface area contributed by atoms with Gasteiger partial charge in [-0.2, -0.15) is 0 Å². The summed E-state index contributed by atoms with van der Waals surface area (Å²) in [6.07, 6.45) is 7.10. The van der Waals surface area contributed by atoms with Crippen LogP contribution in [0, 0.1) is 23.7 Å². The number of fused-ring (bicyclic) bond motifs is 2. The molecule has 2 saturated carbocycles. The Balaban J connectivity index is 0.000000207. The smallest absolute Gasteiger partial charge is 0.325 e. The summed E-state index contributed by atoms with van der Waals surface area (Å²) in [4.78, 5) is 33.6. The number of rotatable bonds is 6. The Morgan fingerprint density at radius 2 is 1.19 bits per heavy atom. The van der Waals surface area contributed by atoms with Crippen LogP contribution in [-0.2, 0) is 28.6 Å². The summed E-state index contributed by atoms with van der Waals surface area (Å²) in [5, 5.41) is 3.84. The standard InChI is InChI=1S/C12H22N2O2.C9H16N2O2.C6H12O2/c1-8(2)7-16-12(15)11-9-5-4-6-10(9)13-14(11)3;1-11-8(9(12)13-2)6-4-3-5-7(6)10-11;1-5(2)4-8-6(3)7/h8-11,13H,4-7H2,1-3H3;6-8,10H,3-5H2,1-2H3;5H,4H2,1-3H3. The fraction of sp³-hybridized carbons (Fsp3) is 0.889. The molecule has 0 amide bonds. The molecule has 6 atom stereocenters. The predicted octanol–water partition coefficient (Wildman–Crippen LogP) is 2.53. The molecule has 0 aromatic carbocycles. The zero-order chi connectivity index (χ0) is 27.7.